The second-order valence-corrected chi connectivity index (χ2v) is 6.22. The summed E-state index contributed by atoms with van der Waals surface area (Å²) in [5, 5.41) is 0.562. The summed E-state index contributed by atoms with van der Waals surface area (Å²) in [5.74, 6) is 0.367. The summed E-state index contributed by atoms with van der Waals surface area (Å²) in [5.41, 5.74) is -0.0496. The normalized spacial score (nSPS) is 11.6. The fourth-order valence-corrected chi connectivity index (χ4v) is 2.70. The molecule has 0 radical (unpaired) electrons. The number of methoxy groups -OCH3 is 1. The van der Waals surface area contributed by atoms with E-state index in [0.717, 1.165) is 10.0 Å². The average Bonchev–Trinajstić information content (AvgIpc) is 2.58. The van der Waals surface area contributed by atoms with Crippen molar-refractivity contribution in [2.75, 3.05) is 7.11 Å². The summed E-state index contributed by atoms with van der Waals surface area (Å²) in [6.45, 7) is -0.00569. The van der Waals surface area contributed by atoms with Crippen LogP contribution in [0.15, 0.2) is 53.0 Å². The largest absolute Gasteiger partial charge is 0.497 e. The summed E-state index contributed by atoms with van der Waals surface area (Å²) in [4.78, 5) is 3.74. The Balaban J connectivity index is 1.94. The van der Waals surface area contributed by atoms with Crippen molar-refractivity contribution in [3.05, 3.63) is 64.3 Å². The molecule has 0 atom stereocenters. The first-order chi connectivity index (χ1) is 11.9. The molecule has 1 heterocycles. The first-order valence-electron chi connectivity index (χ1n) is 7.30. The van der Waals surface area contributed by atoms with Gasteiger partial charge in [0.05, 0.1) is 12.6 Å². The van der Waals surface area contributed by atoms with Gasteiger partial charge in [-0.2, -0.15) is 13.2 Å². The highest BCUT2D eigenvalue weighted by Gasteiger charge is 2.37. The molecular weight excluding hydrogens is 399 g/mol. The Hall–Kier alpha value is -2.28. The lowest BCUT2D eigenvalue weighted by Crippen LogP contribution is -2.11. The van der Waals surface area contributed by atoms with Crippen LogP contribution in [0.1, 0.15) is 11.3 Å². The van der Waals surface area contributed by atoms with Crippen LogP contribution in [0.25, 0.3) is 10.9 Å². The topological polar surface area (TPSA) is 31.4 Å². The van der Waals surface area contributed by atoms with E-state index in [9.17, 15) is 13.2 Å². The van der Waals surface area contributed by atoms with Crippen LogP contribution in [0.3, 0.4) is 0 Å². The van der Waals surface area contributed by atoms with Crippen molar-refractivity contribution in [1.82, 2.24) is 4.98 Å². The van der Waals surface area contributed by atoms with E-state index in [-0.39, 0.29) is 17.9 Å². The minimum absolute atomic E-state index is 0.00569. The number of pyridine rings is 1. The molecule has 0 aliphatic rings. The van der Waals surface area contributed by atoms with Crippen LogP contribution in [-0.2, 0) is 12.8 Å². The van der Waals surface area contributed by atoms with E-state index < -0.39 is 11.9 Å². The number of hydrogen-bond acceptors (Lipinski definition) is 3. The van der Waals surface area contributed by atoms with Gasteiger partial charge in [0.1, 0.15) is 12.4 Å². The number of benzene rings is 2. The van der Waals surface area contributed by atoms with Gasteiger partial charge in [-0.05, 0) is 42.0 Å². The third-order valence-corrected chi connectivity index (χ3v) is 4.06. The minimum atomic E-state index is -4.60. The Morgan fingerprint density at radius 2 is 1.76 bits per heavy atom. The molecule has 0 saturated heterocycles. The molecule has 130 valence electrons. The first-order valence-corrected chi connectivity index (χ1v) is 8.09. The number of fused-ring (bicyclic) bond motifs is 1. The molecular formula is C18H13BrF3NO2. The molecule has 0 spiro atoms. The molecule has 1 aromatic heterocycles. The van der Waals surface area contributed by atoms with Gasteiger partial charge < -0.3 is 9.47 Å². The molecule has 0 aliphatic heterocycles. The highest BCUT2D eigenvalue weighted by Crippen LogP contribution is 2.37. The van der Waals surface area contributed by atoms with Gasteiger partial charge in [0.2, 0.25) is 0 Å². The zero-order chi connectivity index (χ0) is 18.0. The molecule has 2 aromatic carbocycles. The fourth-order valence-electron chi connectivity index (χ4n) is 2.32. The van der Waals surface area contributed by atoms with Crippen LogP contribution >= 0.6 is 15.9 Å². The number of rotatable bonds is 4. The highest BCUT2D eigenvalue weighted by atomic mass is 79.9. The van der Waals surface area contributed by atoms with Crippen molar-refractivity contribution in [2.24, 2.45) is 0 Å². The Morgan fingerprint density at radius 3 is 2.40 bits per heavy atom. The molecule has 0 N–H and O–H groups in total. The van der Waals surface area contributed by atoms with Crippen LogP contribution in [-0.4, -0.2) is 12.1 Å². The van der Waals surface area contributed by atoms with Gasteiger partial charge in [-0.1, -0.05) is 28.1 Å². The monoisotopic (exact) mass is 411 g/mol. The lowest BCUT2D eigenvalue weighted by Gasteiger charge is -2.14. The maximum atomic E-state index is 13.3. The van der Waals surface area contributed by atoms with Crippen molar-refractivity contribution in [3.8, 4) is 11.5 Å². The quantitative estimate of drug-likeness (QED) is 0.559. The molecule has 25 heavy (non-hydrogen) atoms. The van der Waals surface area contributed by atoms with Gasteiger partial charge in [0, 0.05) is 9.86 Å². The molecule has 3 rings (SSSR count). The SMILES string of the molecule is COc1ccc(COc2cc3cc(Br)ccc3nc2C(F)(F)F)cc1. The van der Waals surface area contributed by atoms with E-state index in [1.54, 1.807) is 43.5 Å². The summed E-state index contributed by atoms with van der Waals surface area (Å²) in [6, 6.07) is 13.1. The van der Waals surface area contributed by atoms with E-state index in [4.69, 9.17) is 9.47 Å². The first kappa shape index (κ1) is 17.5. The maximum absolute atomic E-state index is 13.3. The van der Waals surface area contributed by atoms with Crippen molar-refractivity contribution in [1.29, 1.82) is 0 Å². The molecule has 3 aromatic rings. The van der Waals surface area contributed by atoms with Gasteiger partial charge in [0.25, 0.3) is 0 Å². The van der Waals surface area contributed by atoms with Crippen molar-refractivity contribution < 1.29 is 22.6 Å². The number of hydrogen-bond donors (Lipinski definition) is 0. The summed E-state index contributed by atoms with van der Waals surface area (Å²) >= 11 is 3.30. The molecule has 0 bridgehead atoms. The molecule has 0 aliphatic carbocycles. The van der Waals surface area contributed by atoms with Crippen molar-refractivity contribution in [3.63, 3.8) is 0 Å². The Labute approximate surface area is 150 Å². The summed E-state index contributed by atoms with van der Waals surface area (Å²) in [6.07, 6.45) is -4.60. The van der Waals surface area contributed by atoms with Crippen LogP contribution in [0.4, 0.5) is 13.2 Å². The standard InChI is InChI=1S/C18H13BrF3NO2/c1-24-14-5-2-11(3-6-14)10-25-16-9-12-8-13(19)4-7-15(12)23-17(16)18(20,21)22/h2-9H,10H2,1H3. The van der Waals surface area contributed by atoms with E-state index in [1.165, 1.54) is 12.1 Å². The fraction of sp³-hybridized carbons (Fsp3) is 0.167. The number of aromatic nitrogens is 1. The number of alkyl halides is 3. The second kappa shape index (κ2) is 6.92. The molecule has 3 nitrogen and oxygen atoms in total. The lowest BCUT2D eigenvalue weighted by molar-refractivity contribution is -0.142. The smallest absolute Gasteiger partial charge is 0.437 e. The summed E-state index contributed by atoms with van der Waals surface area (Å²) in [7, 11) is 1.54. The van der Waals surface area contributed by atoms with Gasteiger partial charge in [-0.25, -0.2) is 4.98 Å². The zero-order valence-electron chi connectivity index (χ0n) is 13.1. The molecule has 0 fully saturated rings. The Morgan fingerprint density at radius 1 is 1.04 bits per heavy atom. The highest BCUT2D eigenvalue weighted by molar-refractivity contribution is 9.10. The van der Waals surface area contributed by atoms with Crippen LogP contribution in [0, 0.1) is 0 Å². The lowest BCUT2D eigenvalue weighted by atomic mass is 10.2. The van der Waals surface area contributed by atoms with Crippen molar-refractivity contribution in [2.45, 2.75) is 12.8 Å². The third-order valence-electron chi connectivity index (χ3n) is 3.56. The molecule has 0 amide bonds. The van der Waals surface area contributed by atoms with Crippen LogP contribution < -0.4 is 9.47 Å². The predicted octanol–water partition coefficient (Wildman–Crippen LogP) is 5.60. The van der Waals surface area contributed by atoms with Crippen molar-refractivity contribution >= 4 is 26.8 Å². The third kappa shape index (κ3) is 4.04. The van der Waals surface area contributed by atoms with Gasteiger partial charge in [-0.3, -0.25) is 0 Å². The van der Waals surface area contributed by atoms with Crippen LogP contribution in [0.5, 0.6) is 11.5 Å². The zero-order valence-corrected chi connectivity index (χ0v) is 14.7. The second-order valence-electron chi connectivity index (χ2n) is 5.31. The van der Waals surface area contributed by atoms with E-state index in [0.29, 0.717) is 11.1 Å². The van der Waals surface area contributed by atoms with Gasteiger partial charge >= 0.3 is 6.18 Å². The van der Waals surface area contributed by atoms with E-state index in [2.05, 4.69) is 20.9 Å². The Bertz CT molecular complexity index is 895. The molecule has 0 unspecified atom stereocenters. The predicted molar refractivity (Wildman–Crippen MR) is 91.8 cm³/mol. The number of ether oxygens (including phenoxy) is 2. The van der Waals surface area contributed by atoms with E-state index in [1.807, 2.05) is 0 Å². The maximum Gasteiger partial charge on any atom is 0.437 e. The number of nitrogens with zero attached hydrogens (tertiary/aromatic N) is 1. The summed E-state index contributed by atoms with van der Waals surface area (Å²) < 4.78 is 51.2. The molecule has 7 heteroatoms. The van der Waals surface area contributed by atoms with Gasteiger partial charge in [0.15, 0.2) is 11.4 Å². The van der Waals surface area contributed by atoms with E-state index >= 15 is 0 Å². The molecule has 0 saturated carbocycles. The van der Waals surface area contributed by atoms with Crippen LogP contribution in [0.2, 0.25) is 0 Å². The number of halogens is 4. The minimum Gasteiger partial charge on any atom is -0.497 e. The van der Waals surface area contributed by atoms with Gasteiger partial charge in [-0.15, -0.1) is 0 Å². The Kier molecular flexibility index (Phi) is 4.85. The average molecular weight is 412 g/mol.